The van der Waals surface area contributed by atoms with Gasteiger partial charge in [-0.1, -0.05) is 38.8 Å². The monoisotopic (exact) mass is 501 g/mol. The molecule has 2 aliphatic heterocycles. The molecule has 1 saturated heterocycles. The number of aliphatic hydroxyl groups excluding tert-OH is 1. The fourth-order valence-corrected chi connectivity index (χ4v) is 7.31. The average Bonchev–Trinajstić information content (AvgIpc) is 3.41. The van der Waals surface area contributed by atoms with Gasteiger partial charge in [-0.25, -0.2) is 0 Å². The van der Waals surface area contributed by atoms with Crippen molar-refractivity contribution in [2.75, 3.05) is 13.2 Å². The number of nitrogens with zero attached hydrogens (tertiary/aromatic N) is 1. The lowest BCUT2D eigenvalue weighted by Crippen LogP contribution is -2.37. The van der Waals surface area contributed by atoms with Crippen molar-refractivity contribution in [3.63, 3.8) is 0 Å². The standard InChI is InChI=1S/C29H34F3NO3/c1-17(2)25-23-24(22-20(33-25)15-27(16-21(22)34)9-3-4-10-27)28(11-13-35-14-12-28)36-26(23)18-5-7-19(8-6-18)29(30,31)32/h5-8,17,21,26,34H,3-4,9-16H2,1-2H3/t21?,26-/m1/s1. The molecule has 1 N–H and O–H groups in total. The van der Waals surface area contributed by atoms with Gasteiger partial charge < -0.3 is 14.6 Å². The minimum atomic E-state index is -4.39. The Balaban J connectivity index is 1.55. The van der Waals surface area contributed by atoms with Crippen LogP contribution in [0.2, 0.25) is 0 Å². The summed E-state index contributed by atoms with van der Waals surface area (Å²) in [5, 5.41) is 11.6. The molecule has 194 valence electrons. The van der Waals surface area contributed by atoms with Crippen molar-refractivity contribution < 1.29 is 27.8 Å². The Morgan fingerprint density at radius 2 is 1.67 bits per heavy atom. The highest BCUT2D eigenvalue weighted by Gasteiger charge is 2.53. The van der Waals surface area contributed by atoms with Crippen LogP contribution in [0.1, 0.15) is 116 Å². The maximum absolute atomic E-state index is 13.3. The van der Waals surface area contributed by atoms with Gasteiger partial charge in [0.05, 0.1) is 17.3 Å². The Morgan fingerprint density at radius 3 is 2.28 bits per heavy atom. The van der Waals surface area contributed by atoms with E-state index in [1.807, 2.05) is 0 Å². The van der Waals surface area contributed by atoms with Crippen LogP contribution >= 0.6 is 0 Å². The minimum Gasteiger partial charge on any atom is -0.388 e. The Kier molecular flexibility index (Phi) is 5.78. The average molecular weight is 502 g/mol. The fraction of sp³-hybridized carbons (Fsp3) is 0.621. The number of alkyl halides is 3. The summed E-state index contributed by atoms with van der Waals surface area (Å²) in [5.41, 5.74) is 4.37. The second-order valence-electron chi connectivity index (χ2n) is 11.6. The highest BCUT2D eigenvalue weighted by atomic mass is 19.4. The SMILES string of the molecule is CC(C)c1nc2c(c3c1[C@@H](c1ccc(C(F)(F)F)cc1)OC31CCOCC1)C(O)CC1(CCCC1)C2. The van der Waals surface area contributed by atoms with Crippen molar-refractivity contribution >= 4 is 0 Å². The van der Waals surface area contributed by atoms with Gasteiger partial charge in [0, 0.05) is 48.6 Å². The predicted molar refractivity (Wildman–Crippen MR) is 129 cm³/mol. The van der Waals surface area contributed by atoms with Gasteiger partial charge >= 0.3 is 6.18 Å². The first-order valence-electron chi connectivity index (χ1n) is 13.3. The lowest BCUT2D eigenvalue weighted by atomic mass is 9.67. The number of hydrogen-bond donors (Lipinski definition) is 1. The third-order valence-corrected chi connectivity index (χ3v) is 9.00. The van der Waals surface area contributed by atoms with Gasteiger partial charge in [0.15, 0.2) is 0 Å². The first kappa shape index (κ1) is 24.4. The van der Waals surface area contributed by atoms with Crippen LogP contribution in [0.4, 0.5) is 13.2 Å². The molecule has 2 atom stereocenters. The number of ether oxygens (including phenoxy) is 2. The lowest BCUT2D eigenvalue weighted by molar-refractivity contribution is -0.137. The van der Waals surface area contributed by atoms with E-state index in [-0.39, 0.29) is 11.3 Å². The second kappa shape index (κ2) is 8.53. The number of rotatable bonds is 2. The van der Waals surface area contributed by atoms with Gasteiger partial charge in [-0.15, -0.1) is 0 Å². The van der Waals surface area contributed by atoms with E-state index in [9.17, 15) is 18.3 Å². The molecule has 4 aliphatic rings. The second-order valence-corrected chi connectivity index (χ2v) is 11.6. The molecule has 1 aromatic carbocycles. The van der Waals surface area contributed by atoms with E-state index in [0.29, 0.717) is 31.6 Å². The summed E-state index contributed by atoms with van der Waals surface area (Å²) in [4.78, 5) is 5.21. The molecular formula is C29H34F3NO3. The van der Waals surface area contributed by atoms with Gasteiger partial charge in [0.1, 0.15) is 6.10 Å². The van der Waals surface area contributed by atoms with Crippen molar-refractivity contribution in [2.45, 2.75) is 95.1 Å². The number of fused-ring (bicyclic) bond motifs is 4. The van der Waals surface area contributed by atoms with Crippen LogP contribution in [0.15, 0.2) is 24.3 Å². The molecule has 7 heteroatoms. The highest BCUT2D eigenvalue weighted by molar-refractivity contribution is 5.54. The molecule has 2 fully saturated rings. The Bertz CT molecular complexity index is 1150. The molecule has 1 unspecified atom stereocenters. The Hall–Kier alpha value is -1.96. The summed E-state index contributed by atoms with van der Waals surface area (Å²) >= 11 is 0. The van der Waals surface area contributed by atoms with Crippen molar-refractivity contribution in [1.82, 2.24) is 4.98 Å². The Morgan fingerprint density at radius 1 is 1.00 bits per heavy atom. The molecule has 0 amide bonds. The van der Waals surface area contributed by atoms with E-state index in [1.165, 1.54) is 25.0 Å². The third-order valence-electron chi connectivity index (χ3n) is 9.00. The maximum atomic E-state index is 13.3. The number of hydrogen-bond acceptors (Lipinski definition) is 4. The molecule has 0 bridgehead atoms. The van der Waals surface area contributed by atoms with E-state index >= 15 is 0 Å². The summed E-state index contributed by atoms with van der Waals surface area (Å²) < 4.78 is 52.4. The normalized spacial score (nSPS) is 26.5. The van der Waals surface area contributed by atoms with Crippen LogP contribution in [0.3, 0.4) is 0 Å². The summed E-state index contributed by atoms with van der Waals surface area (Å²) in [6.07, 6.45) is 2.07. The van der Waals surface area contributed by atoms with Crippen molar-refractivity contribution in [3.8, 4) is 0 Å². The zero-order valence-corrected chi connectivity index (χ0v) is 21.0. The van der Waals surface area contributed by atoms with Crippen LogP contribution in [-0.2, 0) is 27.7 Å². The molecule has 2 aliphatic carbocycles. The zero-order chi connectivity index (χ0) is 25.3. The molecular weight excluding hydrogens is 467 g/mol. The van der Waals surface area contributed by atoms with Gasteiger partial charge in [-0.05, 0) is 60.3 Å². The van der Waals surface area contributed by atoms with Crippen LogP contribution in [0.5, 0.6) is 0 Å². The third kappa shape index (κ3) is 3.81. The van der Waals surface area contributed by atoms with Crippen LogP contribution in [0, 0.1) is 5.41 Å². The van der Waals surface area contributed by atoms with Crippen molar-refractivity contribution in [3.05, 3.63) is 63.5 Å². The van der Waals surface area contributed by atoms with E-state index in [2.05, 4.69) is 13.8 Å². The summed E-state index contributed by atoms with van der Waals surface area (Å²) in [7, 11) is 0. The van der Waals surface area contributed by atoms with Gasteiger partial charge in [0.25, 0.3) is 0 Å². The molecule has 0 radical (unpaired) electrons. The zero-order valence-electron chi connectivity index (χ0n) is 21.0. The van der Waals surface area contributed by atoms with Crippen LogP contribution in [-0.4, -0.2) is 23.3 Å². The molecule has 1 aromatic heterocycles. The van der Waals surface area contributed by atoms with Crippen molar-refractivity contribution in [2.24, 2.45) is 5.41 Å². The molecule has 3 heterocycles. The maximum Gasteiger partial charge on any atom is 0.416 e. The lowest BCUT2D eigenvalue weighted by Gasteiger charge is -2.41. The molecule has 2 aromatic rings. The number of pyridine rings is 1. The van der Waals surface area contributed by atoms with Crippen LogP contribution < -0.4 is 0 Å². The molecule has 4 nitrogen and oxygen atoms in total. The van der Waals surface area contributed by atoms with Gasteiger partial charge in [-0.2, -0.15) is 13.2 Å². The van der Waals surface area contributed by atoms with E-state index in [4.69, 9.17) is 14.5 Å². The number of aliphatic hydroxyl groups is 1. The smallest absolute Gasteiger partial charge is 0.388 e. The number of aromatic nitrogens is 1. The molecule has 6 rings (SSSR count). The molecule has 2 spiro atoms. The summed E-state index contributed by atoms with van der Waals surface area (Å²) in [6, 6.07) is 5.33. The Labute approximate surface area is 210 Å². The van der Waals surface area contributed by atoms with Gasteiger partial charge in [0.2, 0.25) is 0 Å². The quantitative estimate of drug-likeness (QED) is 0.487. The van der Waals surface area contributed by atoms with E-state index in [0.717, 1.165) is 65.9 Å². The summed E-state index contributed by atoms with van der Waals surface area (Å²) in [5.74, 6) is 0.109. The van der Waals surface area contributed by atoms with Crippen molar-refractivity contribution in [1.29, 1.82) is 0 Å². The van der Waals surface area contributed by atoms with Gasteiger partial charge in [-0.3, -0.25) is 4.98 Å². The minimum absolute atomic E-state index is 0.109. The highest BCUT2D eigenvalue weighted by Crippen LogP contribution is 2.59. The number of benzene rings is 1. The van der Waals surface area contributed by atoms with E-state index in [1.54, 1.807) is 0 Å². The fourth-order valence-electron chi connectivity index (χ4n) is 7.31. The van der Waals surface area contributed by atoms with E-state index < -0.39 is 29.5 Å². The number of halogens is 3. The topological polar surface area (TPSA) is 51.6 Å². The first-order chi connectivity index (χ1) is 17.1. The first-order valence-corrected chi connectivity index (χ1v) is 13.3. The molecule has 1 saturated carbocycles. The predicted octanol–water partition coefficient (Wildman–Crippen LogP) is 6.89. The largest absolute Gasteiger partial charge is 0.416 e. The summed E-state index contributed by atoms with van der Waals surface area (Å²) in [6.45, 7) is 5.32. The molecule has 36 heavy (non-hydrogen) atoms. The van der Waals surface area contributed by atoms with Crippen LogP contribution in [0.25, 0.3) is 0 Å².